The van der Waals surface area contributed by atoms with Gasteiger partial charge in [0.2, 0.25) is 5.95 Å². The van der Waals surface area contributed by atoms with Gasteiger partial charge in [-0.05, 0) is 38.6 Å². The molecule has 0 spiro atoms. The fourth-order valence-electron chi connectivity index (χ4n) is 2.71. The van der Waals surface area contributed by atoms with Crippen LogP contribution in [0.1, 0.15) is 26.3 Å². The smallest absolute Gasteiger partial charge is 0.201 e. The fourth-order valence-corrected chi connectivity index (χ4v) is 2.92. The summed E-state index contributed by atoms with van der Waals surface area (Å²) in [7, 11) is 4.16. The average molecular weight is 295 g/mol. The summed E-state index contributed by atoms with van der Waals surface area (Å²) in [6.07, 6.45) is 1.06. The van der Waals surface area contributed by atoms with Crippen LogP contribution in [0.25, 0.3) is 11.0 Å². The molecule has 1 unspecified atom stereocenters. The molecule has 2 N–H and O–H groups in total. The number of hydrogen-bond acceptors (Lipinski definition) is 3. The number of hydrogen-bond donors (Lipinski definition) is 1. The molecule has 5 heteroatoms. The standard InChI is InChI=1S/C15H23ClN4/c1-10(2)8-11(9-19(3)4)20-13-7-5-6-12(16)14(13)18-15(20)17/h5-7,10-11H,8-9H2,1-4H3,(H2,17,18). The quantitative estimate of drug-likeness (QED) is 0.919. The molecule has 1 aromatic carbocycles. The number of nitrogens with two attached hydrogens (primary N) is 1. The highest BCUT2D eigenvalue weighted by Crippen LogP contribution is 2.30. The Morgan fingerprint density at radius 1 is 1.35 bits per heavy atom. The average Bonchev–Trinajstić information content (AvgIpc) is 2.65. The third-order valence-electron chi connectivity index (χ3n) is 3.38. The zero-order valence-corrected chi connectivity index (χ0v) is 13.4. The van der Waals surface area contributed by atoms with Crippen molar-refractivity contribution in [3.63, 3.8) is 0 Å². The summed E-state index contributed by atoms with van der Waals surface area (Å²) in [5, 5.41) is 0.654. The van der Waals surface area contributed by atoms with Crippen LogP contribution < -0.4 is 5.73 Å². The van der Waals surface area contributed by atoms with Gasteiger partial charge in [-0.1, -0.05) is 31.5 Å². The van der Waals surface area contributed by atoms with Gasteiger partial charge in [0.15, 0.2) is 0 Å². The highest BCUT2D eigenvalue weighted by Gasteiger charge is 2.20. The van der Waals surface area contributed by atoms with E-state index < -0.39 is 0 Å². The minimum Gasteiger partial charge on any atom is -0.369 e. The van der Waals surface area contributed by atoms with Gasteiger partial charge < -0.3 is 15.2 Å². The minimum absolute atomic E-state index is 0.300. The zero-order valence-electron chi connectivity index (χ0n) is 12.6. The summed E-state index contributed by atoms with van der Waals surface area (Å²) in [4.78, 5) is 6.62. The second-order valence-electron chi connectivity index (χ2n) is 5.99. The van der Waals surface area contributed by atoms with E-state index in [9.17, 15) is 0 Å². The largest absolute Gasteiger partial charge is 0.369 e. The van der Waals surface area contributed by atoms with E-state index in [1.165, 1.54) is 0 Å². The molecule has 1 aromatic heterocycles. The lowest BCUT2D eigenvalue weighted by molar-refractivity contribution is 0.294. The van der Waals surface area contributed by atoms with Gasteiger partial charge in [0.05, 0.1) is 16.6 Å². The Morgan fingerprint density at radius 3 is 2.65 bits per heavy atom. The van der Waals surface area contributed by atoms with Crippen molar-refractivity contribution in [2.45, 2.75) is 26.3 Å². The van der Waals surface area contributed by atoms with Crippen molar-refractivity contribution in [1.29, 1.82) is 0 Å². The number of aromatic nitrogens is 2. The molecule has 0 saturated carbocycles. The maximum Gasteiger partial charge on any atom is 0.201 e. The molecule has 4 nitrogen and oxygen atoms in total. The molecule has 2 aromatic rings. The van der Waals surface area contributed by atoms with Crippen molar-refractivity contribution in [3.05, 3.63) is 23.2 Å². The summed E-state index contributed by atoms with van der Waals surface area (Å²) in [5.41, 5.74) is 7.96. The van der Waals surface area contributed by atoms with E-state index in [-0.39, 0.29) is 0 Å². The number of rotatable bonds is 5. The molecule has 0 saturated heterocycles. The Bertz CT molecular complexity index is 579. The number of halogens is 1. The number of benzene rings is 1. The van der Waals surface area contributed by atoms with Gasteiger partial charge >= 0.3 is 0 Å². The van der Waals surface area contributed by atoms with E-state index in [0.29, 0.717) is 22.9 Å². The number of para-hydroxylation sites is 1. The molecule has 0 aliphatic carbocycles. The van der Waals surface area contributed by atoms with Gasteiger partial charge in [-0.15, -0.1) is 0 Å². The Hall–Kier alpha value is -1.26. The van der Waals surface area contributed by atoms with Gasteiger partial charge in [0, 0.05) is 6.54 Å². The van der Waals surface area contributed by atoms with E-state index >= 15 is 0 Å². The Kier molecular flexibility index (Phi) is 4.55. The van der Waals surface area contributed by atoms with E-state index in [1.807, 2.05) is 18.2 Å². The van der Waals surface area contributed by atoms with Gasteiger partial charge in [-0.25, -0.2) is 4.98 Å². The summed E-state index contributed by atoms with van der Waals surface area (Å²) in [6.45, 7) is 5.39. The first-order valence-corrected chi connectivity index (χ1v) is 7.34. The second kappa shape index (κ2) is 6.02. The minimum atomic E-state index is 0.300. The molecular formula is C15H23ClN4. The maximum atomic E-state index is 6.22. The van der Waals surface area contributed by atoms with E-state index in [4.69, 9.17) is 17.3 Å². The number of likely N-dealkylation sites (N-methyl/N-ethyl adjacent to an activating group) is 1. The van der Waals surface area contributed by atoms with E-state index in [2.05, 4.69) is 42.4 Å². The number of imidazole rings is 1. The van der Waals surface area contributed by atoms with E-state index in [1.54, 1.807) is 0 Å². The molecule has 0 fully saturated rings. The maximum absolute atomic E-state index is 6.22. The lowest BCUT2D eigenvalue weighted by Gasteiger charge is -2.25. The first kappa shape index (κ1) is 15.1. The molecule has 0 bridgehead atoms. The number of anilines is 1. The first-order chi connectivity index (χ1) is 9.40. The molecule has 2 rings (SSSR count). The molecule has 0 aliphatic heterocycles. The topological polar surface area (TPSA) is 47.1 Å². The van der Waals surface area contributed by atoms with Crippen molar-refractivity contribution in [3.8, 4) is 0 Å². The van der Waals surface area contributed by atoms with Crippen LogP contribution in [-0.2, 0) is 0 Å². The lowest BCUT2D eigenvalue weighted by atomic mass is 10.0. The summed E-state index contributed by atoms with van der Waals surface area (Å²) in [6, 6.07) is 6.13. The monoisotopic (exact) mass is 294 g/mol. The lowest BCUT2D eigenvalue weighted by Crippen LogP contribution is -2.26. The second-order valence-corrected chi connectivity index (χ2v) is 6.40. The number of nitrogen functional groups attached to an aromatic ring is 1. The molecule has 0 amide bonds. The van der Waals surface area contributed by atoms with Crippen molar-refractivity contribution < 1.29 is 0 Å². The van der Waals surface area contributed by atoms with Gasteiger partial charge in [0.1, 0.15) is 5.52 Å². The van der Waals surface area contributed by atoms with Crippen molar-refractivity contribution >= 4 is 28.6 Å². The summed E-state index contributed by atoms with van der Waals surface area (Å²) >= 11 is 6.22. The Labute approximate surface area is 125 Å². The number of fused-ring (bicyclic) bond motifs is 1. The Morgan fingerprint density at radius 2 is 2.05 bits per heavy atom. The SMILES string of the molecule is CC(C)CC(CN(C)C)n1c(N)nc2c(Cl)cccc21. The van der Waals surface area contributed by atoms with Crippen LogP contribution in [0.5, 0.6) is 0 Å². The molecular weight excluding hydrogens is 272 g/mol. The van der Waals surface area contributed by atoms with E-state index in [0.717, 1.165) is 24.0 Å². The molecule has 0 aliphatic rings. The third-order valence-corrected chi connectivity index (χ3v) is 3.69. The van der Waals surface area contributed by atoms with Crippen LogP contribution in [0, 0.1) is 5.92 Å². The van der Waals surface area contributed by atoms with Gasteiger partial charge in [-0.3, -0.25) is 0 Å². The van der Waals surface area contributed by atoms with Gasteiger partial charge in [0.25, 0.3) is 0 Å². The Balaban J connectivity index is 2.52. The molecule has 1 atom stereocenters. The molecule has 110 valence electrons. The third kappa shape index (κ3) is 3.07. The predicted octanol–water partition coefficient (Wildman–Crippen LogP) is 3.42. The van der Waals surface area contributed by atoms with Crippen molar-refractivity contribution in [2.75, 3.05) is 26.4 Å². The zero-order chi connectivity index (χ0) is 14.9. The van der Waals surface area contributed by atoms with Crippen LogP contribution in [0.4, 0.5) is 5.95 Å². The molecule has 0 radical (unpaired) electrons. The highest BCUT2D eigenvalue weighted by molar-refractivity contribution is 6.35. The number of nitrogens with zero attached hydrogens (tertiary/aromatic N) is 3. The fraction of sp³-hybridized carbons (Fsp3) is 0.533. The van der Waals surface area contributed by atoms with Crippen LogP contribution in [0.3, 0.4) is 0 Å². The van der Waals surface area contributed by atoms with Crippen LogP contribution in [0.15, 0.2) is 18.2 Å². The molecule has 1 heterocycles. The summed E-state index contributed by atoms with van der Waals surface area (Å²) in [5.74, 6) is 1.14. The van der Waals surface area contributed by atoms with Crippen LogP contribution in [0.2, 0.25) is 5.02 Å². The first-order valence-electron chi connectivity index (χ1n) is 6.96. The highest BCUT2D eigenvalue weighted by atomic mass is 35.5. The van der Waals surface area contributed by atoms with Crippen molar-refractivity contribution in [1.82, 2.24) is 14.5 Å². The van der Waals surface area contributed by atoms with Crippen LogP contribution in [-0.4, -0.2) is 35.1 Å². The molecule has 20 heavy (non-hydrogen) atoms. The summed E-state index contributed by atoms with van der Waals surface area (Å²) < 4.78 is 2.13. The van der Waals surface area contributed by atoms with Crippen LogP contribution >= 0.6 is 11.6 Å². The normalized spacial score (nSPS) is 13.6. The predicted molar refractivity (Wildman–Crippen MR) is 86.2 cm³/mol. The van der Waals surface area contributed by atoms with Crippen molar-refractivity contribution in [2.24, 2.45) is 5.92 Å². The van der Waals surface area contributed by atoms with Gasteiger partial charge in [-0.2, -0.15) is 0 Å².